The number of hydrogen-bond donors (Lipinski definition) is 1. The summed E-state index contributed by atoms with van der Waals surface area (Å²) >= 11 is 0. The Hall–Kier alpha value is -2.96. The van der Waals surface area contributed by atoms with Crippen molar-refractivity contribution in [1.82, 2.24) is 15.1 Å². The number of rotatable bonds is 10. The van der Waals surface area contributed by atoms with Crippen LogP contribution in [0.25, 0.3) is 0 Å². The highest BCUT2D eigenvalue weighted by atomic mass is 16.2. The number of likely N-dealkylation sites (tertiary alicyclic amines) is 1. The molecule has 1 aromatic rings. The van der Waals surface area contributed by atoms with E-state index in [2.05, 4.69) is 5.32 Å². The number of fused-ring (bicyclic) bond motifs is 1. The summed E-state index contributed by atoms with van der Waals surface area (Å²) in [7, 11) is 0. The van der Waals surface area contributed by atoms with Crippen LogP contribution >= 0.6 is 0 Å². The second kappa shape index (κ2) is 11.3. The van der Waals surface area contributed by atoms with Crippen molar-refractivity contribution < 1.29 is 19.2 Å². The molecule has 0 spiro atoms. The highest BCUT2D eigenvalue weighted by Gasteiger charge is 2.47. The van der Waals surface area contributed by atoms with Crippen LogP contribution in [-0.4, -0.2) is 58.6 Å². The van der Waals surface area contributed by atoms with Gasteiger partial charge in [-0.2, -0.15) is 0 Å². The van der Waals surface area contributed by atoms with E-state index in [0.29, 0.717) is 25.8 Å². The number of amides is 4. The van der Waals surface area contributed by atoms with Gasteiger partial charge in [0.2, 0.25) is 23.6 Å². The van der Waals surface area contributed by atoms with Crippen LogP contribution in [0, 0.1) is 11.8 Å². The Labute approximate surface area is 196 Å². The Morgan fingerprint density at radius 3 is 2.24 bits per heavy atom. The highest BCUT2D eigenvalue weighted by Crippen LogP contribution is 2.35. The molecule has 0 radical (unpaired) electrons. The van der Waals surface area contributed by atoms with Gasteiger partial charge in [-0.3, -0.25) is 24.1 Å². The maximum Gasteiger partial charge on any atom is 0.242 e. The van der Waals surface area contributed by atoms with E-state index in [4.69, 9.17) is 0 Å². The van der Waals surface area contributed by atoms with Crippen molar-refractivity contribution in [1.29, 1.82) is 0 Å². The summed E-state index contributed by atoms with van der Waals surface area (Å²) in [5, 5.41) is 2.95. The monoisotopic (exact) mass is 453 g/mol. The lowest BCUT2D eigenvalue weighted by Gasteiger charge is -2.30. The molecular formula is C26H35N3O4. The van der Waals surface area contributed by atoms with E-state index >= 15 is 0 Å². The highest BCUT2D eigenvalue weighted by molar-refractivity contribution is 6.05. The van der Waals surface area contributed by atoms with Crippen molar-refractivity contribution in [3.05, 3.63) is 48.0 Å². The lowest BCUT2D eigenvalue weighted by molar-refractivity contribution is -0.143. The smallest absolute Gasteiger partial charge is 0.242 e. The standard InChI is InChI=1S/C26H35N3O4/c1-4-18(2)27-24(31)19(3)28(16-14-20-10-6-5-7-11-20)23(30)15-17-29-25(32)21-12-8-9-13-22(21)26(29)33/h5-11,18-19,21-22H,4,12-17H2,1-3H3,(H,27,31)/t18?,19?,21-,22+. The first-order valence-corrected chi connectivity index (χ1v) is 12.0. The Morgan fingerprint density at radius 2 is 1.67 bits per heavy atom. The molecule has 4 atom stereocenters. The number of benzene rings is 1. The molecule has 1 N–H and O–H groups in total. The normalized spacial score (nSPS) is 21.5. The van der Waals surface area contributed by atoms with Gasteiger partial charge in [0.25, 0.3) is 0 Å². The van der Waals surface area contributed by atoms with Crippen molar-refractivity contribution in [3.8, 4) is 0 Å². The molecule has 2 unspecified atom stereocenters. The Morgan fingerprint density at radius 1 is 1.06 bits per heavy atom. The molecule has 178 valence electrons. The molecule has 1 fully saturated rings. The average molecular weight is 454 g/mol. The van der Waals surface area contributed by atoms with Gasteiger partial charge in [0.15, 0.2) is 0 Å². The molecule has 7 heteroatoms. The van der Waals surface area contributed by atoms with Gasteiger partial charge in [0.1, 0.15) is 6.04 Å². The minimum atomic E-state index is -0.646. The zero-order valence-electron chi connectivity index (χ0n) is 19.8. The summed E-state index contributed by atoms with van der Waals surface area (Å²) in [6.45, 7) is 6.10. The summed E-state index contributed by atoms with van der Waals surface area (Å²) < 4.78 is 0. The third-order valence-electron chi connectivity index (χ3n) is 6.80. The van der Waals surface area contributed by atoms with Crippen LogP contribution in [0.4, 0.5) is 0 Å². The van der Waals surface area contributed by atoms with Crippen LogP contribution < -0.4 is 5.32 Å². The molecule has 2 aliphatic rings. The molecule has 4 amide bonds. The summed E-state index contributed by atoms with van der Waals surface area (Å²) in [5.41, 5.74) is 1.08. The number of carbonyl (C=O) groups excluding carboxylic acids is 4. The average Bonchev–Trinajstić information content (AvgIpc) is 3.07. The van der Waals surface area contributed by atoms with E-state index in [1.807, 2.05) is 56.3 Å². The third kappa shape index (κ3) is 5.89. The molecule has 33 heavy (non-hydrogen) atoms. The molecule has 0 bridgehead atoms. The van der Waals surface area contributed by atoms with Gasteiger partial charge in [0.05, 0.1) is 11.8 Å². The van der Waals surface area contributed by atoms with Crippen LogP contribution in [-0.2, 0) is 25.6 Å². The third-order valence-corrected chi connectivity index (χ3v) is 6.80. The summed E-state index contributed by atoms with van der Waals surface area (Å²) in [4.78, 5) is 54.3. The molecular weight excluding hydrogens is 418 g/mol. The second-order valence-electron chi connectivity index (χ2n) is 9.05. The van der Waals surface area contributed by atoms with Crippen LogP contribution in [0.15, 0.2) is 42.5 Å². The van der Waals surface area contributed by atoms with E-state index in [9.17, 15) is 19.2 Å². The van der Waals surface area contributed by atoms with Crippen molar-refractivity contribution in [2.45, 2.75) is 65.0 Å². The number of allylic oxidation sites excluding steroid dienone is 2. The van der Waals surface area contributed by atoms with Gasteiger partial charge < -0.3 is 10.2 Å². The molecule has 7 nitrogen and oxygen atoms in total. The lowest BCUT2D eigenvalue weighted by Crippen LogP contribution is -2.51. The fourth-order valence-electron chi connectivity index (χ4n) is 4.48. The topological polar surface area (TPSA) is 86.8 Å². The lowest BCUT2D eigenvalue weighted by atomic mass is 9.85. The number of carbonyl (C=O) groups is 4. The summed E-state index contributed by atoms with van der Waals surface area (Å²) in [5.74, 6) is -1.39. The first kappa shape index (κ1) is 24.7. The van der Waals surface area contributed by atoms with E-state index in [-0.39, 0.29) is 54.5 Å². The molecule has 0 aromatic heterocycles. The number of hydrogen-bond acceptors (Lipinski definition) is 4. The van der Waals surface area contributed by atoms with E-state index in [0.717, 1.165) is 12.0 Å². The largest absolute Gasteiger partial charge is 0.352 e. The molecule has 0 saturated carbocycles. The van der Waals surface area contributed by atoms with E-state index < -0.39 is 6.04 Å². The van der Waals surface area contributed by atoms with Crippen molar-refractivity contribution in [2.24, 2.45) is 11.8 Å². The van der Waals surface area contributed by atoms with Gasteiger partial charge >= 0.3 is 0 Å². The Bertz CT molecular complexity index is 872. The molecule has 1 aromatic carbocycles. The zero-order chi connectivity index (χ0) is 24.0. The number of imide groups is 1. The predicted octanol–water partition coefficient (Wildman–Crippen LogP) is 2.70. The van der Waals surface area contributed by atoms with Crippen LogP contribution in [0.5, 0.6) is 0 Å². The minimum Gasteiger partial charge on any atom is -0.352 e. The molecule has 1 heterocycles. The van der Waals surface area contributed by atoms with Gasteiger partial charge in [-0.15, -0.1) is 0 Å². The Kier molecular flexibility index (Phi) is 8.42. The van der Waals surface area contributed by atoms with Gasteiger partial charge in [-0.1, -0.05) is 49.4 Å². The first-order valence-electron chi connectivity index (χ1n) is 12.0. The van der Waals surface area contributed by atoms with Crippen LogP contribution in [0.3, 0.4) is 0 Å². The van der Waals surface area contributed by atoms with E-state index in [1.54, 1.807) is 11.8 Å². The number of nitrogens with one attached hydrogen (secondary N) is 1. The van der Waals surface area contributed by atoms with Crippen molar-refractivity contribution in [3.63, 3.8) is 0 Å². The summed E-state index contributed by atoms with van der Waals surface area (Å²) in [6.07, 6.45) is 6.48. The van der Waals surface area contributed by atoms with Crippen molar-refractivity contribution in [2.75, 3.05) is 13.1 Å². The van der Waals surface area contributed by atoms with E-state index in [1.165, 1.54) is 4.90 Å². The number of nitrogens with zero attached hydrogens (tertiary/aromatic N) is 2. The fourth-order valence-corrected chi connectivity index (χ4v) is 4.48. The molecule has 1 aliphatic carbocycles. The van der Waals surface area contributed by atoms with Gasteiger partial charge in [-0.05, 0) is 45.1 Å². The van der Waals surface area contributed by atoms with Crippen LogP contribution in [0.2, 0.25) is 0 Å². The molecule has 1 aliphatic heterocycles. The van der Waals surface area contributed by atoms with Crippen LogP contribution in [0.1, 0.15) is 52.0 Å². The fraction of sp³-hybridized carbons (Fsp3) is 0.538. The van der Waals surface area contributed by atoms with Gasteiger partial charge in [0, 0.05) is 25.6 Å². The predicted molar refractivity (Wildman–Crippen MR) is 126 cm³/mol. The molecule has 1 saturated heterocycles. The Balaban J connectivity index is 1.66. The zero-order valence-corrected chi connectivity index (χ0v) is 19.8. The maximum absolute atomic E-state index is 13.2. The quantitative estimate of drug-likeness (QED) is 0.436. The van der Waals surface area contributed by atoms with Crippen molar-refractivity contribution >= 4 is 23.6 Å². The maximum atomic E-state index is 13.2. The SMILES string of the molecule is CCC(C)NC(=O)C(C)N(CCc1ccccc1)C(=O)CCN1C(=O)[C@H]2CC=CC[C@H]2C1=O. The van der Waals surface area contributed by atoms with Gasteiger partial charge in [-0.25, -0.2) is 0 Å². The first-order chi connectivity index (χ1) is 15.8. The summed E-state index contributed by atoms with van der Waals surface area (Å²) in [6, 6.07) is 9.17. The second-order valence-corrected chi connectivity index (χ2v) is 9.05. The minimum absolute atomic E-state index is 0.0140. The molecule has 3 rings (SSSR count).